The smallest absolute Gasteiger partial charge is 0.0132 e. The molecule has 0 aromatic heterocycles. The van der Waals surface area contributed by atoms with Gasteiger partial charge in [0, 0.05) is 0 Å². The molecule has 3 aromatic rings. The lowest BCUT2D eigenvalue weighted by molar-refractivity contribution is 0.589. The van der Waals surface area contributed by atoms with E-state index in [2.05, 4.69) is 156 Å². The number of rotatable bonds is 3. The lowest BCUT2D eigenvalue weighted by atomic mass is 9.86. The molecule has 0 N–H and O–H groups in total. The minimum absolute atomic E-state index is 0.284. The van der Waals surface area contributed by atoms with Crippen molar-refractivity contribution >= 4 is 0 Å². The molecule has 0 atom stereocenters. The Morgan fingerprint density at radius 2 is 0.500 bits per heavy atom. The fraction of sp³-hybridized carbons (Fsp3) is 0.500. The van der Waals surface area contributed by atoms with Crippen LogP contribution in [0.1, 0.15) is 116 Å². The first kappa shape index (κ1) is 31.7. The Hall–Kier alpha value is -2.34. The van der Waals surface area contributed by atoms with Gasteiger partial charge in [0.15, 0.2) is 0 Å². The Kier molecular flexibility index (Phi) is 12.2. The lowest BCUT2D eigenvalue weighted by Gasteiger charge is -2.18. The third-order valence-electron chi connectivity index (χ3n) is 6.68. The van der Waals surface area contributed by atoms with Crippen molar-refractivity contribution < 1.29 is 0 Å². The average Bonchev–Trinajstić information content (AvgIpc) is 2.83. The van der Waals surface area contributed by atoms with E-state index in [9.17, 15) is 0 Å². The summed E-state index contributed by atoms with van der Waals surface area (Å²) in [6.45, 7) is 26.8. The van der Waals surface area contributed by atoms with E-state index in [0.29, 0.717) is 0 Å². The Labute approximate surface area is 224 Å². The molecule has 3 aromatic carbocycles. The van der Waals surface area contributed by atoms with Crippen molar-refractivity contribution in [3.63, 3.8) is 0 Å². The SMILES string of the molecule is CCc1ccc(C(C)(C)C)cc1.CCc1ccc(C(C)(C)C)cc1.CCc1ccc(C(C)(C)C)cc1. The summed E-state index contributed by atoms with van der Waals surface area (Å²) in [4.78, 5) is 0. The van der Waals surface area contributed by atoms with E-state index in [-0.39, 0.29) is 16.2 Å². The van der Waals surface area contributed by atoms with Gasteiger partial charge in [0.1, 0.15) is 0 Å². The monoisotopic (exact) mass is 486 g/mol. The normalized spacial score (nSPS) is 11.7. The maximum absolute atomic E-state index is 2.24. The summed E-state index contributed by atoms with van der Waals surface area (Å²) in [5.41, 5.74) is 9.36. The third-order valence-corrected chi connectivity index (χ3v) is 6.68. The van der Waals surface area contributed by atoms with Gasteiger partial charge in [-0.1, -0.05) is 156 Å². The van der Waals surface area contributed by atoms with E-state index in [4.69, 9.17) is 0 Å². The van der Waals surface area contributed by atoms with Crippen molar-refractivity contribution in [2.75, 3.05) is 0 Å². The number of benzene rings is 3. The van der Waals surface area contributed by atoms with E-state index < -0.39 is 0 Å². The minimum Gasteiger partial charge on any atom is -0.0613 e. The summed E-state index contributed by atoms with van der Waals surface area (Å²) in [5.74, 6) is 0. The average molecular weight is 487 g/mol. The fourth-order valence-corrected chi connectivity index (χ4v) is 3.72. The fourth-order valence-electron chi connectivity index (χ4n) is 3.72. The van der Waals surface area contributed by atoms with Crippen LogP contribution in [0, 0.1) is 0 Å². The van der Waals surface area contributed by atoms with Crippen LogP contribution in [0.5, 0.6) is 0 Å². The van der Waals surface area contributed by atoms with Gasteiger partial charge in [-0.25, -0.2) is 0 Å². The van der Waals surface area contributed by atoms with Crippen molar-refractivity contribution in [2.45, 2.75) is 119 Å². The van der Waals surface area contributed by atoms with Crippen molar-refractivity contribution in [3.8, 4) is 0 Å². The van der Waals surface area contributed by atoms with Crippen molar-refractivity contribution in [1.82, 2.24) is 0 Å². The summed E-state index contributed by atoms with van der Waals surface area (Å²) >= 11 is 0. The number of aryl methyl sites for hydroxylation is 3. The van der Waals surface area contributed by atoms with Gasteiger partial charge in [-0.15, -0.1) is 0 Å². The van der Waals surface area contributed by atoms with Gasteiger partial charge < -0.3 is 0 Å². The maximum Gasteiger partial charge on any atom is -0.0132 e. The molecule has 0 unspecified atom stereocenters. The van der Waals surface area contributed by atoms with Crippen LogP contribution >= 0.6 is 0 Å². The molecule has 0 aliphatic heterocycles. The molecule has 3 rings (SSSR count). The molecule has 0 aliphatic carbocycles. The first-order valence-corrected chi connectivity index (χ1v) is 13.9. The van der Waals surface area contributed by atoms with Crippen LogP contribution in [0.15, 0.2) is 72.8 Å². The van der Waals surface area contributed by atoms with Crippen LogP contribution in [0.3, 0.4) is 0 Å². The first-order chi connectivity index (χ1) is 16.6. The topological polar surface area (TPSA) is 0 Å². The van der Waals surface area contributed by atoms with Gasteiger partial charge >= 0.3 is 0 Å². The Bertz CT molecular complexity index is 844. The standard InChI is InChI=1S/3C12H18/c3*1-5-10-6-8-11(9-7-10)12(2,3)4/h3*6-9H,5H2,1-4H3. The van der Waals surface area contributed by atoms with Crippen LogP contribution in [0.2, 0.25) is 0 Å². The summed E-state index contributed by atoms with van der Waals surface area (Å²) in [5, 5.41) is 0. The highest BCUT2D eigenvalue weighted by Gasteiger charge is 2.13. The van der Waals surface area contributed by atoms with Gasteiger partial charge in [0.05, 0.1) is 0 Å². The van der Waals surface area contributed by atoms with Gasteiger partial charge in [-0.2, -0.15) is 0 Å². The zero-order chi connectivity index (χ0) is 27.6. The van der Waals surface area contributed by atoms with Gasteiger partial charge in [-0.3, -0.25) is 0 Å². The van der Waals surface area contributed by atoms with Crippen LogP contribution in [-0.4, -0.2) is 0 Å². The molecular formula is C36H54. The molecule has 0 radical (unpaired) electrons. The summed E-state index contributed by atoms with van der Waals surface area (Å²) < 4.78 is 0. The molecule has 0 spiro atoms. The van der Waals surface area contributed by atoms with Crippen molar-refractivity contribution in [2.24, 2.45) is 0 Å². The molecule has 0 amide bonds. The lowest BCUT2D eigenvalue weighted by Crippen LogP contribution is -2.10. The first-order valence-electron chi connectivity index (χ1n) is 13.9. The Morgan fingerprint density at radius 3 is 0.611 bits per heavy atom. The van der Waals surface area contributed by atoms with E-state index in [1.165, 1.54) is 33.4 Å². The minimum atomic E-state index is 0.284. The second-order valence-corrected chi connectivity index (χ2v) is 12.9. The molecule has 0 nitrogen and oxygen atoms in total. The molecule has 0 bridgehead atoms. The summed E-state index contributed by atoms with van der Waals surface area (Å²) in [7, 11) is 0. The summed E-state index contributed by atoms with van der Waals surface area (Å²) in [6.07, 6.45) is 3.39. The van der Waals surface area contributed by atoms with Gasteiger partial charge in [0.25, 0.3) is 0 Å². The van der Waals surface area contributed by atoms with Crippen LogP contribution in [0.4, 0.5) is 0 Å². The molecule has 198 valence electrons. The van der Waals surface area contributed by atoms with E-state index >= 15 is 0 Å². The molecule has 0 fully saturated rings. The highest BCUT2D eigenvalue weighted by Crippen LogP contribution is 2.23. The molecule has 0 saturated carbocycles. The van der Waals surface area contributed by atoms with Crippen molar-refractivity contribution in [1.29, 1.82) is 0 Å². The number of hydrogen-bond donors (Lipinski definition) is 0. The second-order valence-electron chi connectivity index (χ2n) is 12.9. The molecule has 0 aliphatic rings. The molecule has 0 heteroatoms. The van der Waals surface area contributed by atoms with Crippen LogP contribution in [-0.2, 0) is 35.5 Å². The van der Waals surface area contributed by atoms with Gasteiger partial charge in [-0.05, 0) is 68.9 Å². The highest BCUT2D eigenvalue weighted by atomic mass is 14.2. The van der Waals surface area contributed by atoms with Crippen LogP contribution in [0.25, 0.3) is 0 Å². The molecule has 0 heterocycles. The van der Waals surface area contributed by atoms with E-state index in [0.717, 1.165) is 19.3 Å². The third kappa shape index (κ3) is 11.2. The van der Waals surface area contributed by atoms with Gasteiger partial charge in [0.2, 0.25) is 0 Å². The molecule has 0 saturated heterocycles. The largest absolute Gasteiger partial charge is 0.0613 e. The highest BCUT2D eigenvalue weighted by molar-refractivity contribution is 5.29. The van der Waals surface area contributed by atoms with Crippen molar-refractivity contribution in [3.05, 3.63) is 106 Å². The Morgan fingerprint density at radius 1 is 0.333 bits per heavy atom. The number of hydrogen-bond acceptors (Lipinski definition) is 0. The predicted octanol–water partition coefficient (Wildman–Crippen LogP) is 10.6. The zero-order valence-electron chi connectivity index (χ0n) is 25.5. The molecule has 36 heavy (non-hydrogen) atoms. The molecular weight excluding hydrogens is 432 g/mol. The second kappa shape index (κ2) is 13.8. The Balaban J connectivity index is 0.000000270. The van der Waals surface area contributed by atoms with E-state index in [1.54, 1.807) is 0 Å². The van der Waals surface area contributed by atoms with E-state index in [1.807, 2.05) is 0 Å². The predicted molar refractivity (Wildman–Crippen MR) is 164 cm³/mol. The quantitative estimate of drug-likeness (QED) is 0.345. The van der Waals surface area contributed by atoms with Crippen LogP contribution < -0.4 is 0 Å². The zero-order valence-corrected chi connectivity index (χ0v) is 25.5. The summed E-state index contributed by atoms with van der Waals surface area (Å²) in [6, 6.07) is 26.7. The maximum atomic E-state index is 2.24.